The number of hydrazone groups is 1. The standard InChI is InChI=1S/C32H50N10O2.2ClH/c1-35(33)30-25-12-8-10-14-27(25)31(28-15-11-9-13-26(28)30)38(24-29-36(16-18-39(29)43)20-22-41(2,3)4)34-32-37(17-19-40(32)44)21-23-42(5,6)7;;/h8-15,40H,16-24,33H2,1-7H3;2*1H/q+2;;/p-2. The number of rotatable bonds is 11. The summed E-state index contributed by atoms with van der Waals surface area (Å²) in [7, 11) is 14.8. The molecule has 1 saturated heterocycles. The first kappa shape index (κ1) is 37.4. The number of halogens is 2. The lowest BCUT2D eigenvalue weighted by Crippen LogP contribution is -3.08. The predicted molar refractivity (Wildman–Crippen MR) is 180 cm³/mol. The number of benzene rings is 3. The van der Waals surface area contributed by atoms with Crippen LogP contribution in [0, 0.1) is 10.4 Å². The minimum atomic E-state index is 0. The monoisotopic (exact) mass is 676 g/mol. The summed E-state index contributed by atoms with van der Waals surface area (Å²) in [5.41, 5.74) is 1.78. The van der Waals surface area contributed by atoms with Crippen molar-refractivity contribution < 1.29 is 43.6 Å². The van der Waals surface area contributed by atoms with Gasteiger partial charge in [-0.05, 0) is 0 Å². The Hall–Kier alpha value is -3.10. The maximum Gasteiger partial charge on any atom is 0.321 e. The summed E-state index contributed by atoms with van der Waals surface area (Å²) >= 11 is 0. The number of likely N-dealkylation sites (N-methyl/N-ethyl adjacent to an activating group) is 2. The fourth-order valence-corrected chi connectivity index (χ4v) is 6.01. The second kappa shape index (κ2) is 14.8. The number of amidine groups is 1. The molecular weight excluding hydrogens is 627 g/mol. The molecule has 0 saturated carbocycles. The number of anilines is 2. The van der Waals surface area contributed by atoms with Crippen molar-refractivity contribution >= 4 is 44.7 Å². The van der Waals surface area contributed by atoms with Gasteiger partial charge in [-0.3, -0.25) is 14.5 Å². The zero-order valence-corrected chi connectivity index (χ0v) is 29.7. The van der Waals surface area contributed by atoms with Crippen LogP contribution < -0.4 is 45.7 Å². The van der Waals surface area contributed by atoms with Gasteiger partial charge in [0.25, 0.3) is 5.84 Å². The third-order valence-corrected chi connectivity index (χ3v) is 8.46. The van der Waals surface area contributed by atoms with Crippen LogP contribution in [0.1, 0.15) is 0 Å². The Morgan fingerprint density at radius 2 is 1.30 bits per heavy atom. The SMILES string of the molecule is CN(N)c1c2ccccc2c(N(CC2=[N+]([O-])CCN2CC[N+](C)(C)C)N=C2N(CC[N+](C)(C)C)CC[NH+]2[O-])c2ccccc12.[Cl-].[Cl-]. The molecule has 46 heavy (non-hydrogen) atoms. The Bertz CT molecular complexity index is 1510. The van der Waals surface area contributed by atoms with Gasteiger partial charge in [0, 0.05) is 28.6 Å². The number of nitrogens with two attached hydrogens (primary N) is 1. The number of hydrazine groups is 1. The van der Waals surface area contributed by atoms with E-state index in [2.05, 4.69) is 76.4 Å². The summed E-state index contributed by atoms with van der Waals surface area (Å²) in [5, 5.41) is 39.4. The lowest BCUT2D eigenvalue weighted by molar-refractivity contribution is -0.869. The molecule has 2 aliphatic heterocycles. The van der Waals surface area contributed by atoms with Crippen LogP contribution in [-0.4, -0.2) is 144 Å². The van der Waals surface area contributed by atoms with Crippen LogP contribution in [0.25, 0.3) is 21.5 Å². The molecule has 1 fully saturated rings. The van der Waals surface area contributed by atoms with Crippen molar-refractivity contribution in [1.82, 2.24) is 9.80 Å². The van der Waals surface area contributed by atoms with Crippen LogP contribution in [0.4, 0.5) is 11.4 Å². The van der Waals surface area contributed by atoms with Gasteiger partial charge >= 0.3 is 5.96 Å². The van der Waals surface area contributed by atoms with Gasteiger partial charge in [0.1, 0.15) is 39.3 Å². The van der Waals surface area contributed by atoms with E-state index >= 15 is 0 Å². The molecule has 2 aliphatic rings. The first-order valence-electron chi connectivity index (χ1n) is 15.5. The van der Waals surface area contributed by atoms with Crippen LogP contribution in [0.15, 0.2) is 53.6 Å². The highest BCUT2D eigenvalue weighted by atomic mass is 35.5. The molecule has 0 radical (unpaired) electrons. The molecule has 1 atom stereocenters. The molecule has 0 aromatic heterocycles. The van der Waals surface area contributed by atoms with Crippen molar-refractivity contribution in [3.8, 4) is 0 Å². The molecule has 12 nitrogen and oxygen atoms in total. The van der Waals surface area contributed by atoms with E-state index in [1.54, 1.807) is 5.01 Å². The van der Waals surface area contributed by atoms with Gasteiger partial charge in [-0.25, -0.2) is 10.9 Å². The minimum Gasteiger partial charge on any atom is -1.00 e. The number of quaternary nitrogens is 3. The van der Waals surface area contributed by atoms with Gasteiger partial charge in [-0.15, -0.1) is 0 Å². The van der Waals surface area contributed by atoms with Gasteiger partial charge in [0.15, 0.2) is 0 Å². The molecule has 0 aliphatic carbocycles. The second-order valence-corrected chi connectivity index (χ2v) is 14.1. The fraction of sp³-hybridized carbons (Fsp3) is 0.500. The van der Waals surface area contributed by atoms with Gasteiger partial charge in [-0.2, -0.15) is 0 Å². The molecule has 3 N–H and O–H groups in total. The average Bonchev–Trinajstić information content (AvgIpc) is 3.48. The Balaban J connectivity index is 0.00000288. The first-order valence-corrected chi connectivity index (χ1v) is 15.5. The molecule has 3 aromatic rings. The number of hydroxylamine groups is 3. The second-order valence-electron chi connectivity index (χ2n) is 14.1. The van der Waals surface area contributed by atoms with Crippen LogP contribution in [0.5, 0.6) is 0 Å². The molecule has 0 spiro atoms. The third-order valence-electron chi connectivity index (χ3n) is 8.46. The van der Waals surface area contributed by atoms with E-state index in [0.717, 1.165) is 72.8 Å². The molecule has 3 aromatic carbocycles. The van der Waals surface area contributed by atoms with E-state index in [4.69, 9.17) is 10.9 Å². The fourth-order valence-electron chi connectivity index (χ4n) is 6.01. The number of hydrogen-bond donors (Lipinski definition) is 2. The number of nitrogens with one attached hydrogen (secondary N) is 1. The number of guanidine groups is 1. The van der Waals surface area contributed by atoms with Crippen molar-refractivity contribution in [2.75, 3.05) is 118 Å². The van der Waals surface area contributed by atoms with Crippen LogP contribution >= 0.6 is 0 Å². The summed E-state index contributed by atoms with van der Waals surface area (Å²) in [6, 6.07) is 16.3. The van der Waals surface area contributed by atoms with Crippen LogP contribution in [0.3, 0.4) is 0 Å². The lowest BCUT2D eigenvalue weighted by atomic mass is 9.97. The van der Waals surface area contributed by atoms with Crippen molar-refractivity contribution in [2.45, 2.75) is 0 Å². The maximum atomic E-state index is 13.4. The third kappa shape index (κ3) is 8.24. The Morgan fingerprint density at radius 1 is 0.826 bits per heavy atom. The highest BCUT2D eigenvalue weighted by molar-refractivity contribution is 6.20. The number of fused-ring (bicyclic) bond motifs is 2. The average molecular weight is 678 g/mol. The quantitative estimate of drug-likeness (QED) is 0.0398. The summed E-state index contributed by atoms with van der Waals surface area (Å²) in [6.45, 7) is 5.64. The summed E-state index contributed by atoms with van der Waals surface area (Å²) in [4.78, 5) is 4.29. The maximum absolute atomic E-state index is 13.4. The molecule has 5 rings (SSSR count). The van der Waals surface area contributed by atoms with Crippen molar-refractivity contribution in [2.24, 2.45) is 10.9 Å². The van der Waals surface area contributed by atoms with Gasteiger partial charge < -0.3 is 54.3 Å². The topological polar surface area (TPSA) is 105 Å². The van der Waals surface area contributed by atoms with E-state index < -0.39 is 0 Å². The molecule has 0 amide bonds. The van der Waals surface area contributed by atoms with Gasteiger partial charge in [-0.1, -0.05) is 53.6 Å². The number of nitrogens with zero attached hydrogens (tertiary/aromatic N) is 8. The largest absolute Gasteiger partial charge is 1.00 e. The normalized spacial score (nSPS) is 18.0. The van der Waals surface area contributed by atoms with E-state index in [0.29, 0.717) is 38.0 Å². The highest BCUT2D eigenvalue weighted by Gasteiger charge is 2.35. The van der Waals surface area contributed by atoms with Crippen molar-refractivity contribution in [1.29, 1.82) is 0 Å². The zero-order chi connectivity index (χ0) is 31.8. The Morgan fingerprint density at radius 3 is 1.78 bits per heavy atom. The molecular formula is C32H50Cl2N10O2. The van der Waals surface area contributed by atoms with E-state index in [1.165, 1.54) is 0 Å². The molecule has 0 bridgehead atoms. The molecule has 254 valence electrons. The summed E-state index contributed by atoms with van der Waals surface area (Å²) < 4.78 is 2.68. The molecule has 1 unspecified atom stereocenters. The predicted octanol–water partition coefficient (Wildman–Crippen LogP) is -5.28. The lowest BCUT2D eigenvalue weighted by Gasteiger charge is -2.30. The van der Waals surface area contributed by atoms with E-state index in [9.17, 15) is 10.4 Å². The van der Waals surface area contributed by atoms with Crippen LogP contribution in [-0.2, 0) is 0 Å². The highest BCUT2D eigenvalue weighted by Crippen LogP contribution is 2.42. The zero-order valence-electron chi connectivity index (χ0n) is 28.2. The smallest absolute Gasteiger partial charge is 0.321 e. The van der Waals surface area contributed by atoms with Crippen molar-refractivity contribution in [3.63, 3.8) is 0 Å². The van der Waals surface area contributed by atoms with Crippen LogP contribution in [0.2, 0.25) is 0 Å². The summed E-state index contributed by atoms with van der Waals surface area (Å²) in [6.07, 6.45) is 0. The summed E-state index contributed by atoms with van der Waals surface area (Å²) in [5.74, 6) is 7.55. The molecule has 2 heterocycles. The Labute approximate surface area is 285 Å². The minimum absolute atomic E-state index is 0. The van der Waals surface area contributed by atoms with E-state index in [1.807, 2.05) is 36.3 Å². The van der Waals surface area contributed by atoms with Gasteiger partial charge in [0.05, 0.1) is 73.3 Å². The van der Waals surface area contributed by atoms with E-state index in [-0.39, 0.29) is 36.4 Å². The Kier molecular flexibility index (Phi) is 12.0. The van der Waals surface area contributed by atoms with Gasteiger partial charge in [0.2, 0.25) is 0 Å². The first-order chi connectivity index (χ1) is 20.7. The molecule has 14 heteroatoms. The van der Waals surface area contributed by atoms with Crippen molar-refractivity contribution in [3.05, 3.63) is 58.9 Å². The number of hydrogen-bond acceptors (Lipinski definition) is 7.